The lowest BCUT2D eigenvalue weighted by Gasteiger charge is -2.40. The van der Waals surface area contributed by atoms with Crippen LogP contribution in [0.4, 0.5) is 14.5 Å². The van der Waals surface area contributed by atoms with Crippen LogP contribution in [-0.2, 0) is 21.2 Å². The molecule has 1 fully saturated rings. The molecule has 1 unspecified atom stereocenters. The second kappa shape index (κ2) is 7.74. The molecule has 1 saturated heterocycles. The monoisotopic (exact) mass is 394 g/mol. The van der Waals surface area contributed by atoms with Gasteiger partial charge >= 0.3 is 0 Å². The Kier molecular flexibility index (Phi) is 5.57. The summed E-state index contributed by atoms with van der Waals surface area (Å²) < 4.78 is 54.4. The summed E-state index contributed by atoms with van der Waals surface area (Å²) >= 11 is 0. The van der Waals surface area contributed by atoms with Crippen LogP contribution in [0.3, 0.4) is 0 Å². The smallest absolute Gasteiger partial charge is 0.243 e. The number of nitrogens with zero attached hydrogens (tertiary/aromatic N) is 2. The lowest BCUT2D eigenvalue weighted by Crippen LogP contribution is -2.54. The fourth-order valence-electron chi connectivity index (χ4n) is 3.28. The largest absolute Gasteiger partial charge is 0.366 e. The van der Waals surface area contributed by atoms with Crippen molar-refractivity contribution in [3.05, 3.63) is 59.7 Å². The van der Waals surface area contributed by atoms with Crippen molar-refractivity contribution in [2.75, 3.05) is 24.5 Å². The van der Waals surface area contributed by atoms with Crippen LogP contribution in [0.25, 0.3) is 0 Å². The van der Waals surface area contributed by atoms with E-state index in [2.05, 4.69) is 0 Å². The zero-order valence-corrected chi connectivity index (χ0v) is 15.6. The third kappa shape index (κ3) is 4.01. The Morgan fingerprint density at radius 2 is 1.81 bits per heavy atom. The highest BCUT2D eigenvalue weighted by Gasteiger charge is 2.34. The summed E-state index contributed by atoms with van der Waals surface area (Å²) in [7, 11) is -3.70. The van der Waals surface area contributed by atoms with E-state index in [0.717, 1.165) is 17.9 Å². The summed E-state index contributed by atoms with van der Waals surface area (Å²) in [6.07, 6.45) is 0.998. The van der Waals surface area contributed by atoms with E-state index in [-0.39, 0.29) is 29.6 Å². The summed E-state index contributed by atoms with van der Waals surface area (Å²) in [6, 6.07) is 9.22. The highest BCUT2D eigenvalue weighted by molar-refractivity contribution is 7.89. The first-order valence-corrected chi connectivity index (χ1v) is 10.0. The topological polar surface area (TPSA) is 57.7 Å². The van der Waals surface area contributed by atoms with Crippen molar-refractivity contribution in [1.82, 2.24) is 4.31 Å². The number of halogens is 2. The highest BCUT2D eigenvalue weighted by atomic mass is 32.2. The number of anilines is 1. The maximum Gasteiger partial charge on any atom is 0.243 e. The van der Waals surface area contributed by atoms with Gasteiger partial charge in [0.05, 0.1) is 10.6 Å². The molecular weight excluding hydrogens is 374 g/mol. The molecule has 1 atom stereocenters. The summed E-state index contributed by atoms with van der Waals surface area (Å²) in [5, 5.41) is 0. The first kappa shape index (κ1) is 19.4. The zero-order valence-electron chi connectivity index (χ0n) is 14.8. The van der Waals surface area contributed by atoms with Gasteiger partial charge in [0.25, 0.3) is 0 Å². The van der Waals surface area contributed by atoms with Crippen LogP contribution in [0.15, 0.2) is 47.4 Å². The van der Waals surface area contributed by atoms with Crippen molar-refractivity contribution in [3.63, 3.8) is 0 Å². The maximum absolute atomic E-state index is 14.0. The normalized spacial score (nSPS) is 18.5. The number of aldehydes is 1. The second-order valence-electron chi connectivity index (χ2n) is 6.52. The number of carbonyl (C=O) groups is 1. The number of rotatable bonds is 5. The van der Waals surface area contributed by atoms with Crippen LogP contribution in [0, 0.1) is 11.6 Å². The molecule has 3 rings (SSSR count). The third-order valence-electron chi connectivity index (χ3n) is 4.67. The fraction of sp³-hybridized carbons (Fsp3) is 0.316. The number of carbonyl (C=O) groups excluding carboxylic acids is 1. The minimum atomic E-state index is -3.70. The molecule has 0 aromatic heterocycles. The Bertz CT molecular complexity index is 932. The van der Waals surface area contributed by atoms with E-state index in [1.54, 1.807) is 24.0 Å². The van der Waals surface area contributed by atoms with Gasteiger partial charge in [-0.3, -0.25) is 0 Å². The van der Waals surface area contributed by atoms with Gasteiger partial charge in [-0.25, -0.2) is 17.2 Å². The van der Waals surface area contributed by atoms with E-state index in [0.29, 0.717) is 13.1 Å². The van der Waals surface area contributed by atoms with Crippen LogP contribution in [0.2, 0.25) is 0 Å². The van der Waals surface area contributed by atoms with Gasteiger partial charge in [-0.05, 0) is 36.8 Å². The van der Waals surface area contributed by atoms with Crippen molar-refractivity contribution in [3.8, 4) is 0 Å². The van der Waals surface area contributed by atoms with E-state index in [1.165, 1.54) is 28.6 Å². The fourth-order valence-corrected chi connectivity index (χ4v) is 4.90. The Balaban J connectivity index is 1.77. The molecule has 2 aromatic rings. The van der Waals surface area contributed by atoms with Crippen molar-refractivity contribution in [2.24, 2.45) is 0 Å². The molecule has 0 saturated carbocycles. The minimum Gasteiger partial charge on any atom is -0.366 e. The quantitative estimate of drug-likeness (QED) is 0.732. The predicted molar refractivity (Wildman–Crippen MR) is 98.1 cm³/mol. The molecule has 2 aromatic carbocycles. The first-order valence-electron chi connectivity index (χ1n) is 8.57. The van der Waals surface area contributed by atoms with E-state index in [1.807, 2.05) is 0 Å². The van der Waals surface area contributed by atoms with Gasteiger partial charge in [0.2, 0.25) is 10.0 Å². The molecule has 27 heavy (non-hydrogen) atoms. The van der Waals surface area contributed by atoms with Gasteiger partial charge in [-0.15, -0.1) is 0 Å². The van der Waals surface area contributed by atoms with Gasteiger partial charge < -0.3 is 9.69 Å². The lowest BCUT2D eigenvalue weighted by atomic mass is 10.2. The van der Waals surface area contributed by atoms with Crippen LogP contribution in [0.1, 0.15) is 12.5 Å². The predicted octanol–water partition coefficient (Wildman–Crippen LogP) is 2.61. The number of hydrogen-bond donors (Lipinski definition) is 0. The number of sulfonamides is 1. The Labute approximate surface area is 157 Å². The molecule has 0 amide bonds. The molecule has 1 aliphatic rings. The number of hydrogen-bond acceptors (Lipinski definition) is 4. The van der Waals surface area contributed by atoms with E-state index in [9.17, 15) is 22.0 Å². The molecule has 5 nitrogen and oxygen atoms in total. The van der Waals surface area contributed by atoms with Crippen LogP contribution in [-0.4, -0.2) is 44.7 Å². The van der Waals surface area contributed by atoms with Gasteiger partial charge in [0.1, 0.15) is 17.9 Å². The molecule has 0 spiro atoms. The molecule has 1 aliphatic heterocycles. The Hall–Kier alpha value is -2.32. The van der Waals surface area contributed by atoms with Crippen molar-refractivity contribution in [1.29, 1.82) is 0 Å². The Morgan fingerprint density at radius 1 is 1.11 bits per heavy atom. The Morgan fingerprint density at radius 3 is 2.41 bits per heavy atom. The number of piperazine rings is 1. The highest BCUT2D eigenvalue weighted by Crippen LogP contribution is 2.26. The van der Waals surface area contributed by atoms with Gasteiger partial charge in [-0.2, -0.15) is 4.31 Å². The molecule has 0 bridgehead atoms. The summed E-state index contributed by atoms with van der Waals surface area (Å²) in [5.74, 6) is -1.31. The van der Waals surface area contributed by atoms with Gasteiger partial charge in [-0.1, -0.05) is 12.1 Å². The van der Waals surface area contributed by atoms with Crippen LogP contribution >= 0.6 is 0 Å². The minimum absolute atomic E-state index is 0.158. The molecule has 0 aliphatic carbocycles. The third-order valence-corrected chi connectivity index (χ3v) is 6.69. The SMILES string of the molecule is CC1CN(c2ccc(F)cc2F)CCN1S(=O)(=O)c1ccc(CC=O)cc1. The molecule has 0 radical (unpaired) electrons. The van der Waals surface area contributed by atoms with Crippen molar-refractivity contribution >= 4 is 22.0 Å². The second-order valence-corrected chi connectivity index (χ2v) is 8.41. The molecule has 8 heteroatoms. The van der Waals surface area contributed by atoms with E-state index >= 15 is 0 Å². The van der Waals surface area contributed by atoms with Gasteiger partial charge in [0, 0.05) is 38.2 Å². The zero-order chi connectivity index (χ0) is 19.6. The average Bonchev–Trinajstić information content (AvgIpc) is 2.62. The van der Waals surface area contributed by atoms with Crippen molar-refractivity contribution in [2.45, 2.75) is 24.3 Å². The standard InChI is InChI=1S/C19H20F2N2O3S/c1-14-13-22(19-7-4-16(20)12-18(19)21)9-10-23(14)27(25,26)17-5-2-15(3-6-17)8-11-24/h2-7,11-12,14H,8-10,13H2,1H3. The lowest BCUT2D eigenvalue weighted by molar-refractivity contribution is -0.107. The molecule has 0 N–H and O–H groups in total. The average molecular weight is 394 g/mol. The van der Waals surface area contributed by atoms with Crippen LogP contribution < -0.4 is 4.90 Å². The maximum atomic E-state index is 14.0. The summed E-state index contributed by atoms with van der Waals surface area (Å²) in [6.45, 7) is 2.54. The van der Waals surface area contributed by atoms with Gasteiger partial charge in [0.15, 0.2) is 0 Å². The van der Waals surface area contributed by atoms with E-state index < -0.39 is 21.7 Å². The summed E-state index contributed by atoms with van der Waals surface area (Å²) in [5.41, 5.74) is 1.01. The summed E-state index contributed by atoms with van der Waals surface area (Å²) in [4.78, 5) is 12.4. The molecular formula is C19H20F2N2O3S. The molecule has 1 heterocycles. The molecule has 144 valence electrons. The van der Waals surface area contributed by atoms with Crippen LogP contribution in [0.5, 0.6) is 0 Å². The first-order chi connectivity index (χ1) is 12.8. The number of benzene rings is 2. The van der Waals surface area contributed by atoms with E-state index in [4.69, 9.17) is 0 Å². The van der Waals surface area contributed by atoms with Crippen molar-refractivity contribution < 1.29 is 22.0 Å².